The van der Waals surface area contributed by atoms with Gasteiger partial charge in [-0.15, -0.1) is 11.3 Å². The maximum absolute atomic E-state index is 8.99. The number of nitrogens with one attached hydrogen (secondary N) is 2. The van der Waals surface area contributed by atoms with Crippen molar-refractivity contribution in [1.29, 1.82) is 0 Å². The van der Waals surface area contributed by atoms with Gasteiger partial charge in [0.2, 0.25) is 5.95 Å². The lowest BCUT2D eigenvalue weighted by Crippen LogP contribution is -2.14. The summed E-state index contributed by atoms with van der Waals surface area (Å²) in [7, 11) is 0. The van der Waals surface area contributed by atoms with Gasteiger partial charge in [0.15, 0.2) is 0 Å². The third-order valence-electron chi connectivity index (χ3n) is 3.99. The number of aliphatic hydroxyl groups excluding tert-OH is 1. The zero-order chi connectivity index (χ0) is 16.8. The van der Waals surface area contributed by atoms with Crippen LogP contribution in [0.1, 0.15) is 28.6 Å². The molecule has 3 rings (SSSR count). The Morgan fingerprint density at radius 1 is 1.33 bits per heavy atom. The highest BCUT2D eigenvalue weighted by Crippen LogP contribution is 2.26. The first-order valence-corrected chi connectivity index (χ1v) is 9.08. The Morgan fingerprint density at radius 3 is 2.96 bits per heavy atom. The van der Waals surface area contributed by atoms with Gasteiger partial charge >= 0.3 is 0 Å². The van der Waals surface area contributed by atoms with Crippen molar-refractivity contribution < 1.29 is 9.84 Å². The smallest absolute Gasteiger partial charge is 0.224 e. The molecule has 3 heterocycles. The molecule has 7 nitrogen and oxygen atoms in total. The van der Waals surface area contributed by atoms with Gasteiger partial charge in [0.1, 0.15) is 5.82 Å². The fraction of sp³-hybridized carbons (Fsp3) is 0.562. The maximum atomic E-state index is 8.99. The summed E-state index contributed by atoms with van der Waals surface area (Å²) in [5.74, 6) is 1.66. The number of rotatable bonds is 8. The van der Waals surface area contributed by atoms with Crippen molar-refractivity contribution in [1.82, 2.24) is 15.0 Å². The number of aromatic nitrogens is 3. The van der Waals surface area contributed by atoms with Crippen LogP contribution in [0.3, 0.4) is 0 Å². The highest BCUT2D eigenvalue weighted by atomic mass is 32.1. The van der Waals surface area contributed by atoms with E-state index in [1.807, 2.05) is 18.5 Å². The van der Waals surface area contributed by atoms with Gasteiger partial charge in [-0.05, 0) is 13.3 Å². The summed E-state index contributed by atoms with van der Waals surface area (Å²) in [5.41, 5.74) is 3.96. The number of aryl methyl sites for hydroxylation is 1. The number of anilines is 2. The fourth-order valence-electron chi connectivity index (χ4n) is 2.65. The van der Waals surface area contributed by atoms with E-state index in [2.05, 4.69) is 25.6 Å². The minimum absolute atomic E-state index is 0.0492. The molecule has 1 atom stereocenters. The van der Waals surface area contributed by atoms with Gasteiger partial charge in [-0.25, -0.2) is 9.97 Å². The van der Waals surface area contributed by atoms with Gasteiger partial charge < -0.3 is 20.5 Å². The summed E-state index contributed by atoms with van der Waals surface area (Å²) in [5, 5.41) is 15.4. The van der Waals surface area contributed by atoms with E-state index >= 15 is 0 Å². The van der Waals surface area contributed by atoms with Crippen molar-refractivity contribution in [3.8, 4) is 0 Å². The van der Waals surface area contributed by atoms with Crippen molar-refractivity contribution in [3.63, 3.8) is 0 Å². The molecule has 1 saturated heterocycles. The van der Waals surface area contributed by atoms with E-state index in [-0.39, 0.29) is 6.61 Å². The van der Waals surface area contributed by atoms with Crippen LogP contribution in [0, 0.1) is 6.92 Å². The highest BCUT2D eigenvalue weighted by molar-refractivity contribution is 7.09. The van der Waals surface area contributed by atoms with Crippen LogP contribution < -0.4 is 10.6 Å². The lowest BCUT2D eigenvalue weighted by Gasteiger charge is -2.13. The SMILES string of the molecule is Cc1ncsc1CCNc1cc(C2CCOC2)nc(NCCO)n1. The van der Waals surface area contributed by atoms with Crippen LogP contribution in [-0.2, 0) is 11.2 Å². The van der Waals surface area contributed by atoms with E-state index in [0.29, 0.717) is 25.0 Å². The van der Waals surface area contributed by atoms with Crippen LogP contribution in [0.5, 0.6) is 0 Å². The lowest BCUT2D eigenvalue weighted by atomic mass is 10.0. The number of nitrogens with zero attached hydrogens (tertiary/aromatic N) is 3. The van der Waals surface area contributed by atoms with E-state index < -0.39 is 0 Å². The second kappa shape index (κ2) is 8.36. The predicted octanol–water partition coefficient (Wildman–Crippen LogP) is 1.80. The van der Waals surface area contributed by atoms with Crippen LogP contribution in [0.4, 0.5) is 11.8 Å². The molecule has 0 bridgehead atoms. The fourth-order valence-corrected chi connectivity index (χ4v) is 3.43. The molecule has 1 aliphatic rings. The molecule has 2 aromatic heterocycles. The van der Waals surface area contributed by atoms with Crippen molar-refractivity contribution in [2.45, 2.75) is 25.7 Å². The zero-order valence-electron chi connectivity index (χ0n) is 13.8. The van der Waals surface area contributed by atoms with Crippen LogP contribution in [0.25, 0.3) is 0 Å². The molecule has 1 unspecified atom stereocenters. The number of aliphatic hydroxyl groups is 1. The Morgan fingerprint density at radius 2 is 2.25 bits per heavy atom. The highest BCUT2D eigenvalue weighted by Gasteiger charge is 2.20. The van der Waals surface area contributed by atoms with Crippen molar-refractivity contribution in [2.24, 2.45) is 0 Å². The number of hydrogen-bond donors (Lipinski definition) is 3. The van der Waals surface area contributed by atoms with Gasteiger partial charge in [-0.1, -0.05) is 0 Å². The van der Waals surface area contributed by atoms with E-state index in [1.165, 1.54) is 4.88 Å². The van der Waals surface area contributed by atoms with Crippen LogP contribution in [0.2, 0.25) is 0 Å². The van der Waals surface area contributed by atoms with E-state index in [9.17, 15) is 0 Å². The summed E-state index contributed by atoms with van der Waals surface area (Å²) < 4.78 is 5.47. The lowest BCUT2D eigenvalue weighted by molar-refractivity contribution is 0.193. The normalized spacial score (nSPS) is 17.2. The van der Waals surface area contributed by atoms with Crippen LogP contribution >= 0.6 is 11.3 Å². The Kier molecular flexibility index (Phi) is 5.95. The zero-order valence-corrected chi connectivity index (χ0v) is 14.6. The standard InChI is InChI=1S/C16H23N5O2S/c1-11-14(24-10-19-11)2-4-17-15-8-13(12-3-7-23-9-12)20-16(21-15)18-5-6-22/h8,10,12,22H,2-7,9H2,1H3,(H2,17,18,20,21). The van der Waals surface area contributed by atoms with Crippen LogP contribution in [-0.4, -0.2) is 53.0 Å². The van der Waals surface area contributed by atoms with E-state index in [0.717, 1.165) is 43.2 Å². The molecule has 3 N–H and O–H groups in total. The Labute approximate surface area is 145 Å². The Bertz CT molecular complexity index is 658. The summed E-state index contributed by atoms with van der Waals surface area (Å²) in [4.78, 5) is 14.6. The first-order valence-electron chi connectivity index (χ1n) is 8.20. The Balaban J connectivity index is 1.67. The van der Waals surface area contributed by atoms with Gasteiger partial charge in [-0.3, -0.25) is 0 Å². The molecule has 0 spiro atoms. The third-order valence-corrected chi connectivity index (χ3v) is 4.99. The molecular formula is C16H23N5O2S. The molecule has 2 aromatic rings. The van der Waals surface area contributed by atoms with Crippen molar-refractivity contribution in [3.05, 3.63) is 27.8 Å². The molecule has 0 amide bonds. The van der Waals surface area contributed by atoms with Gasteiger partial charge in [-0.2, -0.15) is 4.98 Å². The van der Waals surface area contributed by atoms with E-state index in [1.54, 1.807) is 11.3 Å². The second-order valence-electron chi connectivity index (χ2n) is 5.75. The monoisotopic (exact) mass is 349 g/mol. The Hall–Kier alpha value is -1.77. The van der Waals surface area contributed by atoms with E-state index in [4.69, 9.17) is 9.84 Å². The summed E-state index contributed by atoms with van der Waals surface area (Å²) in [6.45, 7) is 4.79. The number of ether oxygens (including phenoxy) is 1. The first kappa shape index (κ1) is 17.1. The minimum Gasteiger partial charge on any atom is -0.395 e. The third kappa shape index (κ3) is 4.40. The quantitative estimate of drug-likeness (QED) is 0.669. The molecule has 130 valence electrons. The average molecular weight is 349 g/mol. The largest absolute Gasteiger partial charge is 0.395 e. The van der Waals surface area contributed by atoms with Crippen LogP contribution in [0.15, 0.2) is 11.6 Å². The predicted molar refractivity (Wildman–Crippen MR) is 94.8 cm³/mol. The molecule has 0 aliphatic carbocycles. The summed E-state index contributed by atoms with van der Waals surface area (Å²) in [6, 6.07) is 2.00. The topological polar surface area (TPSA) is 92.2 Å². The molecular weight excluding hydrogens is 326 g/mol. The molecule has 1 aliphatic heterocycles. The first-order chi connectivity index (χ1) is 11.8. The number of hydrogen-bond acceptors (Lipinski definition) is 8. The summed E-state index contributed by atoms with van der Waals surface area (Å²) >= 11 is 1.68. The average Bonchev–Trinajstić information content (AvgIpc) is 3.25. The minimum atomic E-state index is 0.0492. The maximum Gasteiger partial charge on any atom is 0.224 e. The van der Waals surface area contributed by atoms with Gasteiger partial charge in [0.25, 0.3) is 0 Å². The van der Waals surface area contributed by atoms with Gasteiger partial charge in [0, 0.05) is 43.0 Å². The molecule has 8 heteroatoms. The summed E-state index contributed by atoms with van der Waals surface area (Å²) in [6.07, 6.45) is 1.90. The molecule has 0 aromatic carbocycles. The number of thiazole rings is 1. The van der Waals surface area contributed by atoms with Crippen molar-refractivity contribution in [2.75, 3.05) is 43.5 Å². The molecule has 24 heavy (non-hydrogen) atoms. The van der Waals surface area contributed by atoms with Gasteiger partial charge in [0.05, 0.1) is 30.1 Å². The molecule has 0 radical (unpaired) electrons. The molecule has 0 saturated carbocycles. The second-order valence-corrected chi connectivity index (χ2v) is 6.69. The molecule has 1 fully saturated rings. The van der Waals surface area contributed by atoms with Crippen molar-refractivity contribution >= 4 is 23.1 Å².